The number of hydrogen-bond donors (Lipinski definition) is 0. The van der Waals surface area contributed by atoms with E-state index in [0.29, 0.717) is 19.3 Å². The number of unbranched alkanes of at least 4 members (excludes halogenated alkanes) is 3. The van der Waals surface area contributed by atoms with Crippen molar-refractivity contribution in [1.29, 1.82) is 0 Å². The molecule has 0 amide bonds. The van der Waals surface area contributed by atoms with Crippen LogP contribution in [0.1, 0.15) is 412 Å². The highest BCUT2D eigenvalue weighted by atomic mass is 19.4. The molecule has 0 bridgehead atoms. The second-order valence-electron chi connectivity index (χ2n) is 25.0. The van der Waals surface area contributed by atoms with Gasteiger partial charge in [0.1, 0.15) is 0 Å². The minimum Gasteiger partial charge on any atom is -0.171 e. The lowest BCUT2D eigenvalue weighted by molar-refractivity contribution is -0.165. The average Bonchev–Trinajstić information content (AvgIpc) is 1.54. The van der Waals surface area contributed by atoms with Gasteiger partial charge in [0, 0.05) is 39.7 Å². The van der Waals surface area contributed by atoms with Gasteiger partial charge in [0.2, 0.25) is 0 Å². The Morgan fingerprint density at radius 2 is 0.616 bits per heavy atom. The smallest absolute Gasteiger partial charge is 0.171 e. The molecular formula is C74H164F12. The third-order valence-electron chi connectivity index (χ3n) is 9.83. The quantitative estimate of drug-likeness (QED) is 0.202. The standard InChI is InChI=1S/C7H14.2C6H11F3.C6H12.C6H14.2C5H12.2C4H7F3.5C4H10.C3H8.C2H6/c1-7-5-3-2-4-6-7;2*1-3-5(2)4-6(7,8)9;1-6-4-2-3-5-6;1-5-6(2,3)4;1-4-5(2)3;1-3-5-4-2;2*1-3(2)4(5,6)7;3*1-4(2)3;2*1-3-4-2;1-3-2;1-2/h7H,2-6H2,1H3;2*5H,3-4H2,1-2H3;6H,2-5H2,1H3;5H2,1-4H3;5H,4H2,1-3H3;3-5H2,1-2H3;2*3H,1-2H3;3*4H,1-3H3;2*3-4H2,1-2H3;3H2,1-2H3;1-2H3/t;2*5-;;;;;;;;;;;;;/m.00............./s1/i7D;;;6D;5D2;4D2;;3D;;2*4D;;3D2;;;. The highest BCUT2D eigenvalue weighted by Crippen LogP contribution is 2.28. The molecule has 0 unspecified atom stereocenters. The summed E-state index contributed by atoms with van der Waals surface area (Å²) in [5.41, 5.74) is -0.229. The van der Waals surface area contributed by atoms with Crippen LogP contribution in [-0.2, 0) is 0 Å². The van der Waals surface area contributed by atoms with Crippen molar-refractivity contribution in [2.24, 2.45) is 64.5 Å². The van der Waals surface area contributed by atoms with Gasteiger partial charge in [-0.15, -0.1) is 0 Å². The van der Waals surface area contributed by atoms with Gasteiger partial charge in [-0.2, -0.15) is 52.7 Å². The van der Waals surface area contributed by atoms with Crippen molar-refractivity contribution in [2.45, 2.75) is 421 Å². The lowest BCUT2D eigenvalue weighted by atomic mass is 9.91. The lowest BCUT2D eigenvalue weighted by Gasteiger charge is -2.15. The molecule has 2 saturated carbocycles. The van der Waals surface area contributed by atoms with Gasteiger partial charge in [0.15, 0.2) is 0 Å². The number of hydrogen-bond acceptors (Lipinski definition) is 0. The van der Waals surface area contributed by atoms with E-state index in [-0.39, 0.29) is 46.7 Å². The molecule has 2 aliphatic carbocycles. The van der Waals surface area contributed by atoms with Gasteiger partial charge in [0.05, 0.1) is 0 Å². The molecule has 12 heteroatoms. The fourth-order valence-corrected chi connectivity index (χ4v) is 3.57. The first-order valence-electron chi connectivity index (χ1n) is 38.5. The maximum Gasteiger partial charge on any atom is 0.391 e. The van der Waals surface area contributed by atoms with Crippen LogP contribution >= 0.6 is 0 Å². The molecule has 2 aliphatic rings. The van der Waals surface area contributed by atoms with Gasteiger partial charge in [-0.05, 0) is 52.7 Å². The van der Waals surface area contributed by atoms with Crippen molar-refractivity contribution in [1.82, 2.24) is 0 Å². The zero-order valence-corrected chi connectivity index (χ0v) is 64.1. The van der Waals surface area contributed by atoms with E-state index < -0.39 is 68.5 Å². The first-order valence-corrected chi connectivity index (χ1v) is 33.0. The molecule has 0 nitrogen and oxygen atoms in total. The maximum atomic E-state index is 11.5. The molecule has 544 valence electrons. The molecule has 0 aromatic rings. The summed E-state index contributed by atoms with van der Waals surface area (Å²) in [7, 11) is 0. The normalized spacial score (nSPS) is 16.8. The molecule has 0 saturated heterocycles. The van der Waals surface area contributed by atoms with Crippen LogP contribution in [0.15, 0.2) is 0 Å². The van der Waals surface area contributed by atoms with Crippen molar-refractivity contribution >= 4 is 0 Å². The van der Waals surface area contributed by atoms with E-state index in [1.807, 2.05) is 111 Å². The molecule has 0 aliphatic heterocycles. The Morgan fingerprint density at radius 3 is 0.663 bits per heavy atom. The molecule has 86 heavy (non-hydrogen) atoms. The van der Waals surface area contributed by atoms with Crippen LogP contribution in [0.5, 0.6) is 0 Å². The van der Waals surface area contributed by atoms with Crippen LogP contribution in [-0.4, -0.2) is 24.7 Å². The van der Waals surface area contributed by atoms with Crippen molar-refractivity contribution in [2.75, 3.05) is 0 Å². The molecule has 0 heterocycles. The fourth-order valence-electron chi connectivity index (χ4n) is 3.57. The third kappa shape index (κ3) is 232. The van der Waals surface area contributed by atoms with E-state index >= 15 is 0 Å². The van der Waals surface area contributed by atoms with E-state index in [9.17, 15) is 52.7 Å². The molecule has 0 N–H and O–H groups in total. The Balaban J connectivity index is -0.0000000638. The van der Waals surface area contributed by atoms with Crippen LogP contribution < -0.4 is 0 Å². The molecular weight excluding hydrogens is 1120 g/mol. The summed E-state index contributed by atoms with van der Waals surface area (Å²) >= 11 is 0. The van der Waals surface area contributed by atoms with Gasteiger partial charge < -0.3 is 0 Å². The Bertz CT molecular complexity index is 1380. The zero-order valence-electron chi connectivity index (χ0n) is 75.1. The van der Waals surface area contributed by atoms with Crippen molar-refractivity contribution in [3.05, 3.63) is 0 Å². The molecule has 2 rings (SSSR count). The molecule has 0 aromatic carbocycles. The Hall–Kier alpha value is -0.840. The SMILES string of the molecule is CC.CC(C)C.CC(C)C(F)(F)F.CCC.CCCC.CCCCC.CC[C@H](C)CC(F)(F)F.CC[C@H](C)CC(F)(F)F.[2H]C(C)(C)C.[2H]C(C)(C)C.[2H]C(C)(C)C(F)(F)F.[2H]C([2H])(C)C(C)(C)C.[2H]C([2H])(C)C(C)C.[2H]C([2H])(C)CC.[2H]C1(C)CCCC1.[2H]C1(C)CCCCC1. The molecule has 0 radical (unpaired) electrons. The summed E-state index contributed by atoms with van der Waals surface area (Å²) in [6.45, 7) is 65.4. The molecule has 2 atom stereocenters. The zero-order chi connectivity index (χ0) is 82.5. The van der Waals surface area contributed by atoms with Crippen LogP contribution in [0, 0.1) is 64.5 Å². The maximum absolute atomic E-state index is 11.5. The van der Waals surface area contributed by atoms with Gasteiger partial charge in [-0.1, -0.05) is 384 Å². The van der Waals surface area contributed by atoms with Gasteiger partial charge in [-0.25, -0.2) is 0 Å². The fraction of sp³-hybridized carbons (Fsp3) is 1.00. The summed E-state index contributed by atoms with van der Waals surface area (Å²) in [4.78, 5) is 0. The summed E-state index contributed by atoms with van der Waals surface area (Å²) in [5, 5.41) is 0. The summed E-state index contributed by atoms with van der Waals surface area (Å²) < 4.78 is 214. The topological polar surface area (TPSA) is 0 Å². The summed E-state index contributed by atoms with van der Waals surface area (Å²) in [6.07, 6.45) is 0.0331. The minimum atomic E-state index is -4.40. The Labute approximate surface area is 552 Å². The molecule has 0 spiro atoms. The first kappa shape index (κ1) is 89.4. The largest absolute Gasteiger partial charge is 0.391 e. The minimum absolute atomic E-state index is 0.0556. The van der Waals surface area contributed by atoms with E-state index in [2.05, 4.69) is 62.3 Å². The van der Waals surface area contributed by atoms with E-state index in [1.165, 1.54) is 70.6 Å². The predicted molar refractivity (Wildman–Crippen MR) is 372 cm³/mol. The predicted octanol–water partition coefficient (Wildman–Crippen LogP) is 32.9. The molecule has 0 aromatic heterocycles. The second kappa shape index (κ2) is 86.2. The first-order chi connectivity index (χ1) is 42.2. The van der Waals surface area contributed by atoms with Gasteiger partial charge >= 0.3 is 24.7 Å². The van der Waals surface area contributed by atoms with Crippen LogP contribution in [0.3, 0.4) is 0 Å². The van der Waals surface area contributed by atoms with Crippen LogP contribution in [0.2, 0.25) is 0 Å². The van der Waals surface area contributed by atoms with E-state index in [1.54, 1.807) is 48.5 Å². The van der Waals surface area contributed by atoms with Crippen molar-refractivity contribution in [3.8, 4) is 0 Å². The highest BCUT2D eigenvalue weighted by Gasteiger charge is 2.32. The summed E-state index contributed by atoms with van der Waals surface area (Å²) in [5.74, 6) is -3.64. The summed E-state index contributed by atoms with van der Waals surface area (Å²) in [6, 6.07) is 0. The average molecular weight is 1290 g/mol. The third-order valence-corrected chi connectivity index (χ3v) is 9.83. The van der Waals surface area contributed by atoms with Gasteiger partial charge in [-0.3, -0.25) is 0 Å². The Kier molecular flexibility index (Phi) is 89.6. The Morgan fingerprint density at radius 1 is 0.430 bits per heavy atom. The van der Waals surface area contributed by atoms with Crippen molar-refractivity contribution in [3.63, 3.8) is 0 Å². The number of alkyl halides is 12. The number of rotatable bonds is 9. The number of halogens is 12. The highest BCUT2D eigenvalue weighted by molar-refractivity contribution is 4.62. The molecule has 2 fully saturated rings. The van der Waals surface area contributed by atoms with E-state index in [0.717, 1.165) is 59.3 Å². The van der Waals surface area contributed by atoms with Crippen LogP contribution in [0.4, 0.5) is 52.7 Å². The lowest BCUT2D eigenvalue weighted by Crippen LogP contribution is -2.15. The van der Waals surface area contributed by atoms with Crippen molar-refractivity contribution < 1.29 is 67.8 Å². The van der Waals surface area contributed by atoms with Gasteiger partial charge in [0.25, 0.3) is 0 Å². The van der Waals surface area contributed by atoms with E-state index in [4.69, 9.17) is 15.1 Å². The van der Waals surface area contributed by atoms with Crippen LogP contribution in [0.25, 0.3) is 0 Å². The second-order valence-corrected chi connectivity index (χ2v) is 25.0. The monoisotopic (exact) mass is 1290 g/mol.